The number of anilines is 1. The molecule has 204 valence electrons. The summed E-state index contributed by atoms with van der Waals surface area (Å²) in [6.07, 6.45) is 6.35. The van der Waals surface area contributed by atoms with Gasteiger partial charge in [0.15, 0.2) is 0 Å². The van der Waals surface area contributed by atoms with Crippen LogP contribution in [0.5, 0.6) is 5.75 Å². The first kappa shape index (κ1) is 28.8. The maximum absolute atomic E-state index is 13.3. The molecule has 0 spiro atoms. The minimum Gasteiger partial charge on any atom is -0.500 e. The van der Waals surface area contributed by atoms with Gasteiger partial charge in [0.1, 0.15) is 11.6 Å². The number of amides is 1. The van der Waals surface area contributed by atoms with E-state index in [4.69, 9.17) is 14.2 Å². The van der Waals surface area contributed by atoms with Crippen LogP contribution in [0, 0.1) is 5.82 Å². The smallest absolute Gasteiger partial charge is 0.262 e. The lowest BCUT2D eigenvalue weighted by Crippen LogP contribution is -2.38. The standard InChI is InChI=1S/C26H31FN4O6S/c1-3-25(38(33,34)30-22-16-23(35-2)19-28-18-22)24(8-12-36-13-9-31-10-14-37-15-11-31)26(32)29-17-20-4-6-21(27)7-5-20/h3-8,12,16,18-19,30H,1,9-11,13-15,17H2,2H3,(H,29,32). The molecule has 1 aliphatic heterocycles. The van der Waals surface area contributed by atoms with E-state index in [0.717, 1.165) is 19.2 Å². The molecule has 1 fully saturated rings. The van der Waals surface area contributed by atoms with E-state index >= 15 is 0 Å². The molecular weight excluding hydrogens is 515 g/mol. The number of methoxy groups -OCH3 is 1. The number of nitrogens with zero attached hydrogens (tertiary/aromatic N) is 2. The van der Waals surface area contributed by atoms with Crippen LogP contribution in [0.3, 0.4) is 0 Å². The second-order valence-corrected chi connectivity index (χ2v) is 9.79. The molecule has 0 radical (unpaired) electrons. The summed E-state index contributed by atoms with van der Waals surface area (Å²) in [6.45, 7) is 7.57. The third-order valence-electron chi connectivity index (χ3n) is 5.51. The van der Waals surface area contributed by atoms with Crippen LogP contribution in [0.4, 0.5) is 10.1 Å². The zero-order valence-electron chi connectivity index (χ0n) is 21.1. The Morgan fingerprint density at radius 1 is 1.24 bits per heavy atom. The predicted octanol–water partition coefficient (Wildman–Crippen LogP) is 2.59. The monoisotopic (exact) mass is 546 g/mol. The van der Waals surface area contributed by atoms with Crippen molar-refractivity contribution in [1.29, 1.82) is 0 Å². The van der Waals surface area contributed by atoms with Gasteiger partial charge in [-0.05, 0) is 29.8 Å². The number of sulfonamides is 1. The van der Waals surface area contributed by atoms with Gasteiger partial charge in [-0.3, -0.25) is 19.4 Å². The fraction of sp³-hybridized carbons (Fsp3) is 0.308. The lowest BCUT2D eigenvalue weighted by atomic mass is 10.2. The first-order valence-corrected chi connectivity index (χ1v) is 13.3. The number of hydrogen-bond acceptors (Lipinski definition) is 8. The van der Waals surface area contributed by atoms with Gasteiger partial charge in [-0.15, -0.1) is 0 Å². The molecule has 0 atom stereocenters. The van der Waals surface area contributed by atoms with Crippen LogP contribution in [0.1, 0.15) is 5.56 Å². The number of morpholine rings is 1. The molecule has 1 aliphatic rings. The molecule has 38 heavy (non-hydrogen) atoms. The third-order valence-corrected chi connectivity index (χ3v) is 6.98. The summed E-state index contributed by atoms with van der Waals surface area (Å²) in [5.74, 6) is -0.748. The number of pyridine rings is 1. The first-order chi connectivity index (χ1) is 18.3. The van der Waals surface area contributed by atoms with Gasteiger partial charge < -0.3 is 19.5 Å². The van der Waals surface area contributed by atoms with E-state index in [9.17, 15) is 17.6 Å². The average molecular weight is 547 g/mol. The molecule has 1 aromatic heterocycles. The molecule has 3 rings (SSSR count). The number of carbonyl (C=O) groups is 1. The van der Waals surface area contributed by atoms with Gasteiger partial charge in [0.25, 0.3) is 15.9 Å². The van der Waals surface area contributed by atoms with Gasteiger partial charge in [0, 0.05) is 32.2 Å². The van der Waals surface area contributed by atoms with Crippen molar-refractivity contribution >= 4 is 21.6 Å². The van der Waals surface area contributed by atoms with Crippen molar-refractivity contribution in [3.05, 3.63) is 89.6 Å². The maximum atomic E-state index is 13.3. The van der Waals surface area contributed by atoms with Crippen LogP contribution in [0.2, 0.25) is 0 Å². The summed E-state index contributed by atoms with van der Waals surface area (Å²) in [7, 11) is -2.84. The SMILES string of the molecule is C=CC(=C(C=COCCN1CCOCC1)C(=O)NCc1ccc(F)cc1)S(=O)(=O)Nc1cncc(OC)c1. The summed E-state index contributed by atoms with van der Waals surface area (Å²) >= 11 is 0. The lowest BCUT2D eigenvalue weighted by molar-refractivity contribution is -0.117. The fourth-order valence-electron chi connectivity index (χ4n) is 3.50. The Morgan fingerprint density at radius 3 is 2.66 bits per heavy atom. The Morgan fingerprint density at radius 2 is 1.97 bits per heavy atom. The van der Waals surface area contributed by atoms with E-state index in [0.29, 0.717) is 37.7 Å². The van der Waals surface area contributed by atoms with Crippen LogP contribution in [0.25, 0.3) is 0 Å². The van der Waals surface area contributed by atoms with Crippen molar-refractivity contribution in [2.45, 2.75) is 6.54 Å². The van der Waals surface area contributed by atoms with Gasteiger partial charge in [-0.2, -0.15) is 0 Å². The van der Waals surface area contributed by atoms with Crippen LogP contribution in [0.15, 0.2) is 78.2 Å². The van der Waals surface area contributed by atoms with Crippen LogP contribution < -0.4 is 14.8 Å². The van der Waals surface area contributed by atoms with Crippen molar-refractivity contribution in [3.8, 4) is 5.75 Å². The molecule has 1 saturated heterocycles. The highest BCUT2D eigenvalue weighted by Crippen LogP contribution is 2.22. The van der Waals surface area contributed by atoms with Gasteiger partial charge in [0.05, 0.1) is 61.8 Å². The quantitative estimate of drug-likeness (QED) is 0.170. The summed E-state index contributed by atoms with van der Waals surface area (Å²) < 4.78 is 58.1. The molecule has 10 nitrogen and oxygen atoms in total. The molecule has 0 unspecified atom stereocenters. The number of allylic oxidation sites excluding steroid dienone is 1. The zero-order chi connectivity index (χ0) is 27.4. The van der Waals surface area contributed by atoms with E-state index in [1.807, 2.05) is 0 Å². The number of aromatic nitrogens is 1. The Kier molecular flexibility index (Phi) is 10.8. The van der Waals surface area contributed by atoms with Gasteiger partial charge in [-0.25, -0.2) is 12.8 Å². The summed E-state index contributed by atoms with van der Waals surface area (Å²) in [5, 5.41) is 2.66. The van der Waals surface area contributed by atoms with E-state index in [2.05, 4.69) is 26.5 Å². The third kappa shape index (κ3) is 8.68. The number of ether oxygens (including phenoxy) is 3. The predicted molar refractivity (Wildman–Crippen MR) is 141 cm³/mol. The summed E-state index contributed by atoms with van der Waals surface area (Å²) in [6, 6.07) is 7.03. The van der Waals surface area contributed by atoms with Crippen LogP contribution in [-0.4, -0.2) is 70.8 Å². The molecular formula is C26H31FN4O6S. The molecule has 12 heteroatoms. The average Bonchev–Trinajstić information content (AvgIpc) is 2.92. The molecule has 0 aliphatic carbocycles. The highest BCUT2D eigenvalue weighted by Gasteiger charge is 2.23. The normalized spacial score (nSPS) is 15.0. The number of hydrogen-bond donors (Lipinski definition) is 2. The van der Waals surface area contributed by atoms with Crippen molar-refractivity contribution in [2.24, 2.45) is 0 Å². The molecule has 2 heterocycles. The van der Waals surface area contributed by atoms with Crippen LogP contribution in [-0.2, 0) is 30.8 Å². The van der Waals surface area contributed by atoms with Crippen molar-refractivity contribution in [1.82, 2.24) is 15.2 Å². The maximum Gasteiger partial charge on any atom is 0.262 e. The second-order valence-electron chi connectivity index (χ2n) is 8.14. The van der Waals surface area contributed by atoms with Crippen molar-refractivity contribution in [3.63, 3.8) is 0 Å². The van der Waals surface area contributed by atoms with Crippen molar-refractivity contribution < 1.29 is 31.8 Å². The molecule has 2 N–H and O–H groups in total. The largest absolute Gasteiger partial charge is 0.500 e. The molecule has 1 amide bonds. The van der Waals surface area contributed by atoms with E-state index < -0.39 is 21.7 Å². The first-order valence-electron chi connectivity index (χ1n) is 11.8. The van der Waals surface area contributed by atoms with Crippen molar-refractivity contribution in [2.75, 3.05) is 51.3 Å². The van der Waals surface area contributed by atoms with Gasteiger partial charge in [0.2, 0.25) is 0 Å². The lowest BCUT2D eigenvalue weighted by Gasteiger charge is -2.25. The minimum atomic E-state index is -4.27. The van der Waals surface area contributed by atoms with Gasteiger partial charge in [-0.1, -0.05) is 18.7 Å². The second kappa shape index (κ2) is 14.3. The van der Waals surface area contributed by atoms with E-state index in [1.165, 1.54) is 62.2 Å². The minimum absolute atomic E-state index is 0.0477. The number of carbonyl (C=O) groups excluding carboxylic acids is 1. The topological polar surface area (TPSA) is 119 Å². The van der Waals surface area contributed by atoms with Gasteiger partial charge >= 0.3 is 0 Å². The summed E-state index contributed by atoms with van der Waals surface area (Å²) in [5.41, 5.74) is 0.575. The molecule has 0 bridgehead atoms. The van der Waals surface area contributed by atoms with Crippen LogP contribution >= 0.6 is 0 Å². The van der Waals surface area contributed by atoms with E-state index in [-0.39, 0.29) is 22.7 Å². The Hall–Kier alpha value is -3.74. The molecule has 2 aromatic rings. The number of benzene rings is 1. The highest BCUT2D eigenvalue weighted by molar-refractivity contribution is 7.96. The number of halogens is 1. The summed E-state index contributed by atoms with van der Waals surface area (Å²) in [4.78, 5) is 18.9. The highest BCUT2D eigenvalue weighted by atomic mass is 32.2. The Bertz CT molecular complexity index is 1260. The van der Waals surface area contributed by atoms with E-state index in [1.54, 1.807) is 0 Å². The molecule has 1 aromatic carbocycles. The number of nitrogens with one attached hydrogen (secondary N) is 2. The number of rotatable bonds is 13. The fourth-order valence-corrected chi connectivity index (χ4v) is 4.70. The molecule has 0 saturated carbocycles. The zero-order valence-corrected chi connectivity index (χ0v) is 21.9. The Labute approximate surface area is 221 Å². The Balaban J connectivity index is 1.81.